The third kappa shape index (κ3) is 4.73. The Morgan fingerprint density at radius 1 is 1.18 bits per heavy atom. The lowest BCUT2D eigenvalue weighted by Gasteiger charge is -2.24. The summed E-state index contributed by atoms with van der Waals surface area (Å²) >= 11 is 7.42. The molecular formula is C29H25ClN2O5S. The van der Waals surface area contributed by atoms with Crippen LogP contribution in [0, 0.1) is 6.92 Å². The highest BCUT2D eigenvalue weighted by molar-refractivity contribution is 7.07. The second kappa shape index (κ2) is 10.5. The molecule has 0 saturated carbocycles. The fraction of sp³-hybridized carbons (Fsp3) is 0.207. The van der Waals surface area contributed by atoms with Crippen molar-refractivity contribution in [2.75, 3.05) is 13.7 Å². The number of carbonyl (C=O) groups is 1. The molecule has 0 bridgehead atoms. The van der Waals surface area contributed by atoms with Crippen LogP contribution in [-0.4, -0.2) is 24.3 Å². The molecule has 2 aromatic heterocycles. The topological polar surface area (TPSA) is 83.0 Å². The van der Waals surface area contributed by atoms with Crippen LogP contribution in [0.4, 0.5) is 0 Å². The quantitative estimate of drug-likeness (QED) is 0.316. The number of fused-ring (bicyclic) bond motifs is 1. The number of ether oxygens (including phenoxy) is 2. The average Bonchev–Trinajstić information content (AvgIpc) is 3.49. The van der Waals surface area contributed by atoms with E-state index in [1.165, 1.54) is 15.9 Å². The summed E-state index contributed by atoms with van der Waals surface area (Å²) in [5.41, 5.74) is 3.15. The van der Waals surface area contributed by atoms with Crippen LogP contribution in [0.1, 0.15) is 36.8 Å². The molecule has 194 valence electrons. The van der Waals surface area contributed by atoms with Gasteiger partial charge in [0.15, 0.2) is 4.80 Å². The number of furan rings is 1. The van der Waals surface area contributed by atoms with Crippen LogP contribution < -0.4 is 19.6 Å². The molecular weight excluding hydrogens is 524 g/mol. The molecule has 0 spiro atoms. The van der Waals surface area contributed by atoms with Gasteiger partial charge in [-0.1, -0.05) is 41.1 Å². The summed E-state index contributed by atoms with van der Waals surface area (Å²) < 4.78 is 18.8. The monoisotopic (exact) mass is 548 g/mol. The first kappa shape index (κ1) is 25.8. The minimum Gasteiger partial charge on any atom is -0.497 e. The van der Waals surface area contributed by atoms with Gasteiger partial charge < -0.3 is 13.9 Å². The van der Waals surface area contributed by atoms with Crippen molar-refractivity contribution in [1.82, 2.24) is 4.57 Å². The van der Waals surface area contributed by atoms with Gasteiger partial charge in [0.2, 0.25) is 0 Å². The van der Waals surface area contributed by atoms with Gasteiger partial charge in [-0.25, -0.2) is 9.79 Å². The third-order valence-corrected chi connectivity index (χ3v) is 7.51. The maximum Gasteiger partial charge on any atom is 0.338 e. The molecule has 1 aliphatic rings. The van der Waals surface area contributed by atoms with Crippen molar-refractivity contribution in [2.24, 2.45) is 4.99 Å². The fourth-order valence-electron chi connectivity index (χ4n) is 4.48. The first-order valence-electron chi connectivity index (χ1n) is 12.0. The van der Waals surface area contributed by atoms with E-state index in [2.05, 4.69) is 4.99 Å². The van der Waals surface area contributed by atoms with Crippen LogP contribution in [0.2, 0.25) is 5.02 Å². The van der Waals surface area contributed by atoms with Gasteiger partial charge in [-0.05, 0) is 68.3 Å². The first-order valence-corrected chi connectivity index (χ1v) is 13.2. The second-order valence-corrected chi connectivity index (χ2v) is 10.2. The fourth-order valence-corrected chi connectivity index (χ4v) is 5.68. The van der Waals surface area contributed by atoms with E-state index in [1.54, 1.807) is 27.0 Å². The van der Waals surface area contributed by atoms with E-state index in [9.17, 15) is 9.59 Å². The summed E-state index contributed by atoms with van der Waals surface area (Å²) in [5, 5.41) is 0.613. The summed E-state index contributed by atoms with van der Waals surface area (Å²) in [5.74, 6) is 1.27. The Morgan fingerprint density at radius 3 is 2.76 bits per heavy atom. The number of hydrogen-bond donors (Lipinski definition) is 0. The minimum atomic E-state index is -0.719. The Balaban J connectivity index is 1.65. The molecule has 4 aromatic rings. The SMILES string of the molecule is CCOC(=O)C1=C(C)N=c2s/c(=C\c3ccc(-c4cc(Cl)ccc4C)o3)c(=O)n2C1c1cccc(OC)c1. The first-order chi connectivity index (χ1) is 18.3. The number of nitrogens with zero attached hydrogens (tertiary/aromatic N) is 2. The summed E-state index contributed by atoms with van der Waals surface area (Å²) in [6.07, 6.45) is 1.69. The summed E-state index contributed by atoms with van der Waals surface area (Å²) in [6.45, 7) is 5.68. The number of aromatic nitrogens is 1. The molecule has 9 heteroatoms. The molecule has 0 amide bonds. The van der Waals surface area contributed by atoms with Gasteiger partial charge in [0, 0.05) is 16.7 Å². The van der Waals surface area contributed by atoms with Crippen molar-refractivity contribution < 1.29 is 18.7 Å². The van der Waals surface area contributed by atoms with Crippen molar-refractivity contribution in [1.29, 1.82) is 0 Å². The highest BCUT2D eigenvalue weighted by Gasteiger charge is 2.33. The summed E-state index contributed by atoms with van der Waals surface area (Å²) in [7, 11) is 1.57. The van der Waals surface area contributed by atoms with E-state index < -0.39 is 12.0 Å². The third-order valence-electron chi connectivity index (χ3n) is 6.29. The molecule has 0 fully saturated rings. The lowest BCUT2D eigenvalue weighted by molar-refractivity contribution is -0.139. The molecule has 1 atom stereocenters. The van der Waals surface area contributed by atoms with Crippen molar-refractivity contribution in [3.63, 3.8) is 0 Å². The molecule has 0 radical (unpaired) electrons. The van der Waals surface area contributed by atoms with Crippen LogP contribution >= 0.6 is 22.9 Å². The van der Waals surface area contributed by atoms with Gasteiger partial charge in [0.05, 0.1) is 35.6 Å². The molecule has 5 rings (SSSR count). The van der Waals surface area contributed by atoms with Crippen molar-refractivity contribution >= 4 is 35.0 Å². The number of esters is 1. The van der Waals surface area contributed by atoms with E-state index in [4.69, 9.17) is 25.5 Å². The molecule has 0 saturated heterocycles. The second-order valence-electron chi connectivity index (χ2n) is 8.74. The van der Waals surface area contributed by atoms with Crippen LogP contribution in [0.15, 0.2) is 80.1 Å². The van der Waals surface area contributed by atoms with Crippen molar-refractivity contribution in [3.05, 3.63) is 107 Å². The van der Waals surface area contributed by atoms with Crippen LogP contribution in [0.25, 0.3) is 17.4 Å². The van der Waals surface area contributed by atoms with E-state index in [-0.39, 0.29) is 12.2 Å². The molecule has 7 nitrogen and oxygen atoms in total. The lowest BCUT2D eigenvalue weighted by atomic mass is 9.95. The molecule has 2 aromatic carbocycles. The van der Waals surface area contributed by atoms with Gasteiger partial charge in [0.1, 0.15) is 17.3 Å². The van der Waals surface area contributed by atoms with Crippen molar-refractivity contribution in [3.8, 4) is 17.1 Å². The number of allylic oxidation sites excluding steroid dienone is 1. The Bertz CT molecular complexity index is 1760. The van der Waals surface area contributed by atoms with Crippen LogP contribution in [0.5, 0.6) is 5.75 Å². The van der Waals surface area contributed by atoms with Crippen LogP contribution in [-0.2, 0) is 9.53 Å². The lowest BCUT2D eigenvalue weighted by Crippen LogP contribution is -2.39. The zero-order valence-electron chi connectivity index (χ0n) is 21.3. The van der Waals surface area contributed by atoms with E-state index in [0.29, 0.717) is 48.5 Å². The van der Waals surface area contributed by atoms with Gasteiger partial charge in [-0.15, -0.1) is 0 Å². The number of rotatable bonds is 6. The normalized spacial score (nSPS) is 15.3. The van der Waals surface area contributed by atoms with Crippen LogP contribution in [0.3, 0.4) is 0 Å². The number of aryl methyl sites for hydroxylation is 1. The summed E-state index contributed by atoms with van der Waals surface area (Å²) in [4.78, 5) is 31.9. The van der Waals surface area contributed by atoms with Gasteiger partial charge >= 0.3 is 5.97 Å². The number of benzene rings is 2. The zero-order valence-corrected chi connectivity index (χ0v) is 22.9. The maximum atomic E-state index is 13.8. The van der Waals surface area contributed by atoms with E-state index in [0.717, 1.165) is 11.1 Å². The predicted octanol–water partition coefficient (Wildman–Crippen LogP) is 5.03. The molecule has 1 unspecified atom stereocenters. The smallest absolute Gasteiger partial charge is 0.338 e. The Morgan fingerprint density at radius 2 is 2.00 bits per heavy atom. The van der Waals surface area contributed by atoms with Gasteiger partial charge in [-0.2, -0.15) is 0 Å². The predicted molar refractivity (Wildman–Crippen MR) is 147 cm³/mol. The standard InChI is InChI=1S/C29H25ClN2O5S/c1-5-36-28(34)25-17(3)31-29-32(26(25)18-7-6-8-20(13-18)35-4)27(33)24(38-29)15-21-11-12-23(37-21)22-14-19(30)10-9-16(22)2/h6-15,26H,5H2,1-4H3/b24-15-. The molecule has 3 heterocycles. The Labute approximate surface area is 227 Å². The highest BCUT2D eigenvalue weighted by Crippen LogP contribution is 2.32. The van der Waals surface area contributed by atoms with E-state index >= 15 is 0 Å². The molecule has 0 aliphatic carbocycles. The minimum absolute atomic E-state index is 0.206. The van der Waals surface area contributed by atoms with Gasteiger partial charge in [0.25, 0.3) is 5.56 Å². The van der Waals surface area contributed by atoms with Gasteiger partial charge in [-0.3, -0.25) is 9.36 Å². The maximum absolute atomic E-state index is 13.8. The highest BCUT2D eigenvalue weighted by atomic mass is 35.5. The van der Waals surface area contributed by atoms with Crippen molar-refractivity contribution in [2.45, 2.75) is 26.8 Å². The molecule has 0 N–H and O–H groups in total. The zero-order chi connectivity index (χ0) is 27.0. The number of carbonyl (C=O) groups excluding carboxylic acids is 1. The van der Waals surface area contributed by atoms with E-state index in [1.807, 2.05) is 61.5 Å². The number of halogens is 1. The molecule has 38 heavy (non-hydrogen) atoms. The number of methoxy groups -OCH3 is 1. The largest absolute Gasteiger partial charge is 0.497 e. The average molecular weight is 549 g/mol. The Hall–Kier alpha value is -3.88. The molecule has 1 aliphatic heterocycles. The summed E-state index contributed by atoms with van der Waals surface area (Å²) in [6, 6.07) is 15.8. The number of hydrogen-bond acceptors (Lipinski definition) is 7. The Kier molecular flexibility index (Phi) is 7.10. The number of thiazole rings is 1.